The topological polar surface area (TPSA) is 40.5 Å². The summed E-state index contributed by atoms with van der Waals surface area (Å²) in [6.45, 7) is -0.587. The van der Waals surface area contributed by atoms with Crippen LogP contribution in [-0.4, -0.2) is 23.4 Å². The maximum atomic E-state index is 13.1. The lowest BCUT2D eigenvalue weighted by atomic mass is 9.77. The summed E-state index contributed by atoms with van der Waals surface area (Å²) in [6.07, 6.45) is 0.297. The molecule has 2 aromatic carbocycles. The number of halogens is 3. The Bertz CT molecular complexity index is 610. The first-order valence-corrected chi connectivity index (χ1v) is 7.18. The van der Waals surface area contributed by atoms with Crippen LogP contribution in [0.5, 0.6) is 0 Å². The minimum Gasteiger partial charge on any atom is -0.395 e. The second kappa shape index (κ2) is 6.75. The zero-order valence-electron chi connectivity index (χ0n) is 11.2. The van der Waals surface area contributed by atoms with Crippen molar-refractivity contribution in [3.05, 3.63) is 69.5 Å². The fourth-order valence-corrected chi connectivity index (χ4v) is 2.67. The van der Waals surface area contributed by atoms with E-state index < -0.39 is 5.41 Å². The van der Waals surface area contributed by atoms with E-state index in [2.05, 4.69) is 0 Å². The van der Waals surface area contributed by atoms with Gasteiger partial charge in [0.15, 0.2) is 0 Å². The second-order valence-corrected chi connectivity index (χ2v) is 5.86. The predicted molar refractivity (Wildman–Crippen MR) is 82.4 cm³/mol. The van der Waals surface area contributed by atoms with Crippen molar-refractivity contribution in [2.75, 3.05) is 13.2 Å². The Labute approximate surface area is 132 Å². The van der Waals surface area contributed by atoms with Gasteiger partial charge in [-0.3, -0.25) is 0 Å². The van der Waals surface area contributed by atoms with Crippen LogP contribution < -0.4 is 0 Å². The molecule has 0 aliphatic carbocycles. The first-order valence-electron chi connectivity index (χ1n) is 6.42. The normalized spacial score (nSPS) is 11.7. The standard InChI is InChI=1S/C16H15Cl2FO2/c17-13-3-6-15(18)11(7-13)8-16(9-20,10-21)12-1-4-14(19)5-2-12/h1-7,20-21H,8-10H2. The number of hydrogen-bond acceptors (Lipinski definition) is 2. The van der Waals surface area contributed by atoms with Gasteiger partial charge in [0, 0.05) is 15.5 Å². The van der Waals surface area contributed by atoms with Crippen molar-refractivity contribution in [2.24, 2.45) is 0 Å². The molecule has 2 nitrogen and oxygen atoms in total. The molecule has 0 saturated carbocycles. The first kappa shape index (κ1) is 16.2. The summed E-state index contributed by atoms with van der Waals surface area (Å²) in [5, 5.41) is 20.6. The zero-order chi connectivity index (χ0) is 15.5. The zero-order valence-corrected chi connectivity index (χ0v) is 12.7. The average Bonchev–Trinajstić information content (AvgIpc) is 2.49. The molecule has 21 heavy (non-hydrogen) atoms. The molecule has 0 aliphatic heterocycles. The van der Waals surface area contributed by atoms with E-state index in [9.17, 15) is 14.6 Å². The van der Waals surface area contributed by atoms with Gasteiger partial charge in [0.1, 0.15) is 5.82 Å². The van der Waals surface area contributed by atoms with Crippen LogP contribution in [0.3, 0.4) is 0 Å². The molecule has 0 bridgehead atoms. The highest BCUT2D eigenvalue weighted by Gasteiger charge is 2.32. The highest BCUT2D eigenvalue weighted by Crippen LogP contribution is 2.32. The minimum absolute atomic E-state index is 0.294. The lowest BCUT2D eigenvalue weighted by Gasteiger charge is -2.31. The number of rotatable bonds is 5. The van der Waals surface area contributed by atoms with Gasteiger partial charge in [-0.1, -0.05) is 35.3 Å². The molecule has 112 valence electrons. The highest BCUT2D eigenvalue weighted by atomic mass is 35.5. The SMILES string of the molecule is OCC(CO)(Cc1cc(Cl)ccc1Cl)c1ccc(F)cc1. The van der Waals surface area contributed by atoms with Crippen LogP contribution in [-0.2, 0) is 11.8 Å². The molecule has 0 heterocycles. The van der Waals surface area contributed by atoms with Crippen molar-refractivity contribution < 1.29 is 14.6 Å². The van der Waals surface area contributed by atoms with Gasteiger partial charge >= 0.3 is 0 Å². The number of hydrogen-bond donors (Lipinski definition) is 2. The Morgan fingerprint density at radius 2 is 1.57 bits per heavy atom. The maximum Gasteiger partial charge on any atom is 0.123 e. The summed E-state index contributed by atoms with van der Waals surface area (Å²) in [6, 6.07) is 10.8. The molecule has 0 saturated heterocycles. The van der Waals surface area contributed by atoms with Crippen LogP contribution in [0, 0.1) is 5.82 Å². The second-order valence-electron chi connectivity index (χ2n) is 5.02. The molecule has 0 amide bonds. The molecule has 2 N–H and O–H groups in total. The third-order valence-corrected chi connectivity index (χ3v) is 4.20. The molecule has 0 aliphatic rings. The van der Waals surface area contributed by atoms with Crippen molar-refractivity contribution in [3.63, 3.8) is 0 Å². The Kier molecular flexibility index (Phi) is 5.22. The van der Waals surface area contributed by atoms with Crippen LogP contribution in [0.4, 0.5) is 4.39 Å². The molecule has 0 radical (unpaired) electrons. The van der Waals surface area contributed by atoms with Gasteiger partial charge in [-0.25, -0.2) is 4.39 Å². The predicted octanol–water partition coefficient (Wildman–Crippen LogP) is 3.60. The maximum absolute atomic E-state index is 13.1. The van der Waals surface area contributed by atoms with Crippen LogP contribution in [0.1, 0.15) is 11.1 Å². The van der Waals surface area contributed by atoms with E-state index in [-0.39, 0.29) is 19.0 Å². The third-order valence-electron chi connectivity index (χ3n) is 3.60. The van der Waals surface area contributed by atoms with Crippen molar-refractivity contribution >= 4 is 23.2 Å². The fraction of sp³-hybridized carbons (Fsp3) is 0.250. The van der Waals surface area contributed by atoms with E-state index in [0.717, 1.165) is 5.56 Å². The Hall–Kier alpha value is -1.13. The Morgan fingerprint density at radius 1 is 0.952 bits per heavy atom. The summed E-state index contributed by atoms with van der Waals surface area (Å²) >= 11 is 12.1. The molecule has 0 spiro atoms. The van der Waals surface area contributed by atoms with E-state index >= 15 is 0 Å². The van der Waals surface area contributed by atoms with E-state index in [4.69, 9.17) is 23.2 Å². The average molecular weight is 329 g/mol. The first-order chi connectivity index (χ1) is 10.0. The number of aliphatic hydroxyl groups is 2. The monoisotopic (exact) mass is 328 g/mol. The van der Waals surface area contributed by atoms with E-state index in [0.29, 0.717) is 22.0 Å². The molecule has 0 unspecified atom stereocenters. The molecule has 2 rings (SSSR count). The summed E-state index contributed by atoms with van der Waals surface area (Å²) < 4.78 is 13.1. The van der Waals surface area contributed by atoms with Crippen molar-refractivity contribution in [2.45, 2.75) is 11.8 Å². The summed E-state index contributed by atoms with van der Waals surface area (Å²) in [5.41, 5.74) is 0.420. The molecule has 0 atom stereocenters. The van der Waals surface area contributed by atoms with Gasteiger partial charge in [0.25, 0.3) is 0 Å². The highest BCUT2D eigenvalue weighted by molar-refractivity contribution is 6.33. The van der Waals surface area contributed by atoms with Crippen molar-refractivity contribution in [1.29, 1.82) is 0 Å². The van der Waals surface area contributed by atoms with Crippen molar-refractivity contribution in [3.8, 4) is 0 Å². The van der Waals surface area contributed by atoms with Gasteiger partial charge in [-0.15, -0.1) is 0 Å². The van der Waals surface area contributed by atoms with Gasteiger partial charge in [0.2, 0.25) is 0 Å². The van der Waals surface area contributed by atoms with E-state index in [1.165, 1.54) is 12.1 Å². The van der Waals surface area contributed by atoms with Crippen LogP contribution in [0.2, 0.25) is 10.0 Å². The molecule has 5 heteroatoms. The molecular weight excluding hydrogens is 314 g/mol. The Morgan fingerprint density at radius 3 is 2.14 bits per heavy atom. The quantitative estimate of drug-likeness (QED) is 0.880. The largest absolute Gasteiger partial charge is 0.395 e. The lowest BCUT2D eigenvalue weighted by Crippen LogP contribution is -2.37. The number of benzene rings is 2. The van der Waals surface area contributed by atoms with Crippen LogP contribution >= 0.6 is 23.2 Å². The summed E-state index contributed by atoms with van der Waals surface area (Å²) in [4.78, 5) is 0. The Balaban J connectivity index is 2.42. The van der Waals surface area contributed by atoms with E-state index in [1.807, 2.05) is 0 Å². The molecule has 0 fully saturated rings. The minimum atomic E-state index is -0.942. The summed E-state index contributed by atoms with van der Waals surface area (Å²) in [5.74, 6) is -0.371. The third kappa shape index (κ3) is 3.55. The van der Waals surface area contributed by atoms with E-state index in [1.54, 1.807) is 30.3 Å². The van der Waals surface area contributed by atoms with Crippen LogP contribution in [0.25, 0.3) is 0 Å². The molecule has 0 aromatic heterocycles. The lowest BCUT2D eigenvalue weighted by molar-refractivity contribution is 0.116. The van der Waals surface area contributed by atoms with Gasteiger partial charge in [-0.2, -0.15) is 0 Å². The molecule has 2 aromatic rings. The molecular formula is C16H15Cl2FO2. The van der Waals surface area contributed by atoms with Crippen molar-refractivity contribution in [1.82, 2.24) is 0 Å². The summed E-state index contributed by atoms with van der Waals surface area (Å²) in [7, 11) is 0. The van der Waals surface area contributed by atoms with Gasteiger partial charge in [0.05, 0.1) is 13.2 Å². The van der Waals surface area contributed by atoms with Gasteiger partial charge in [-0.05, 0) is 47.9 Å². The van der Waals surface area contributed by atoms with Gasteiger partial charge < -0.3 is 10.2 Å². The van der Waals surface area contributed by atoms with Crippen LogP contribution in [0.15, 0.2) is 42.5 Å². The fourth-order valence-electron chi connectivity index (χ4n) is 2.29. The smallest absolute Gasteiger partial charge is 0.123 e. The number of aliphatic hydroxyl groups excluding tert-OH is 2.